The van der Waals surface area contributed by atoms with Crippen molar-refractivity contribution in [3.05, 3.63) is 53.0 Å². The summed E-state index contributed by atoms with van der Waals surface area (Å²) < 4.78 is 5.37. The van der Waals surface area contributed by atoms with Crippen LogP contribution in [0.5, 0.6) is 0 Å². The topological polar surface area (TPSA) is 52.0 Å². The zero-order chi connectivity index (χ0) is 13.9. The van der Waals surface area contributed by atoms with Crippen molar-refractivity contribution in [2.45, 2.75) is 17.6 Å². The molecular formula is C15H14N2OS2. The average molecular weight is 302 g/mol. The highest BCUT2D eigenvalue weighted by atomic mass is 32.2. The molecule has 3 nitrogen and oxygen atoms in total. The quantitative estimate of drug-likeness (QED) is 0.566. The predicted molar refractivity (Wildman–Crippen MR) is 85.0 cm³/mol. The van der Waals surface area contributed by atoms with Crippen LogP contribution in [0.2, 0.25) is 0 Å². The van der Waals surface area contributed by atoms with Crippen molar-refractivity contribution in [3.8, 4) is 10.6 Å². The number of thioether (sulfide) groups is 1. The molecule has 0 spiro atoms. The summed E-state index contributed by atoms with van der Waals surface area (Å²) in [6, 6.07) is 12.0. The van der Waals surface area contributed by atoms with E-state index in [0.29, 0.717) is 0 Å². The second kappa shape index (κ2) is 5.73. The maximum Gasteiger partial charge on any atom is 0.177 e. The maximum absolute atomic E-state index is 5.76. The smallest absolute Gasteiger partial charge is 0.177 e. The number of nitrogens with zero attached hydrogens (tertiary/aromatic N) is 1. The normalized spacial score (nSPS) is 10.8. The molecule has 0 bridgehead atoms. The first kappa shape index (κ1) is 13.3. The van der Waals surface area contributed by atoms with E-state index in [2.05, 4.69) is 18.1 Å². The van der Waals surface area contributed by atoms with Crippen LogP contribution in [-0.2, 0) is 5.75 Å². The van der Waals surface area contributed by atoms with Crippen LogP contribution in [0.3, 0.4) is 0 Å². The van der Waals surface area contributed by atoms with Gasteiger partial charge in [-0.15, -0.1) is 23.1 Å². The monoisotopic (exact) mass is 302 g/mol. The van der Waals surface area contributed by atoms with E-state index in [9.17, 15) is 0 Å². The van der Waals surface area contributed by atoms with E-state index in [4.69, 9.17) is 10.3 Å². The summed E-state index contributed by atoms with van der Waals surface area (Å²) in [5.41, 5.74) is 8.70. The second-order valence-electron chi connectivity index (χ2n) is 4.47. The highest BCUT2D eigenvalue weighted by Gasteiger charge is 2.08. The number of hydrogen-bond donors (Lipinski definition) is 1. The lowest BCUT2D eigenvalue weighted by atomic mass is 10.2. The molecule has 2 aromatic heterocycles. The van der Waals surface area contributed by atoms with Gasteiger partial charge in [0.1, 0.15) is 0 Å². The summed E-state index contributed by atoms with van der Waals surface area (Å²) in [5, 5.41) is 6.15. The Hall–Kier alpha value is -1.72. The van der Waals surface area contributed by atoms with Gasteiger partial charge in [-0.05, 0) is 42.1 Å². The Morgan fingerprint density at radius 3 is 2.95 bits per heavy atom. The fraction of sp³-hybridized carbons (Fsp3) is 0.133. The molecule has 0 atom stereocenters. The van der Waals surface area contributed by atoms with Crippen molar-refractivity contribution in [2.75, 3.05) is 5.73 Å². The van der Waals surface area contributed by atoms with E-state index >= 15 is 0 Å². The molecule has 0 saturated carbocycles. The number of hydrogen-bond acceptors (Lipinski definition) is 5. The summed E-state index contributed by atoms with van der Waals surface area (Å²) in [7, 11) is 0. The molecule has 3 aromatic rings. The molecule has 20 heavy (non-hydrogen) atoms. The molecule has 0 aliphatic rings. The van der Waals surface area contributed by atoms with Crippen LogP contribution in [0.15, 0.2) is 51.2 Å². The summed E-state index contributed by atoms with van der Waals surface area (Å²) >= 11 is 3.40. The number of thiophene rings is 1. The molecule has 2 heterocycles. The van der Waals surface area contributed by atoms with Gasteiger partial charge in [-0.2, -0.15) is 0 Å². The number of anilines is 1. The van der Waals surface area contributed by atoms with Gasteiger partial charge in [-0.1, -0.05) is 11.2 Å². The van der Waals surface area contributed by atoms with Crippen molar-refractivity contribution >= 4 is 28.8 Å². The number of aryl methyl sites for hydroxylation is 1. The number of rotatable bonds is 4. The standard InChI is InChI=1S/C15H14N2OS2/c1-10-7-11(16)4-5-14(10)20-9-12-8-13(18-17-12)15-3-2-6-19-15/h2-8H,9,16H2,1H3. The fourth-order valence-corrected chi connectivity index (χ4v) is 3.46. The van der Waals surface area contributed by atoms with Crippen molar-refractivity contribution < 1.29 is 4.52 Å². The molecule has 0 aliphatic carbocycles. The van der Waals surface area contributed by atoms with Gasteiger partial charge < -0.3 is 10.3 Å². The summed E-state index contributed by atoms with van der Waals surface area (Å²) in [5.74, 6) is 1.63. The minimum Gasteiger partial charge on any atom is -0.399 e. The first-order valence-corrected chi connectivity index (χ1v) is 8.07. The number of nitrogen functional groups attached to an aromatic ring is 1. The molecule has 5 heteroatoms. The zero-order valence-electron chi connectivity index (χ0n) is 11.0. The minimum absolute atomic E-state index is 0.791. The Morgan fingerprint density at radius 2 is 2.20 bits per heavy atom. The van der Waals surface area contributed by atoms with Crippen molar-refractivity contribution in [1.29, 1.82) is 0 Å². The van der Waals surface area contributed by atoms with Gasteiger partial charge in [0.05, 0.1) is 10.6 Å². The first-order valence-electron chi connectivity index (χ1n) is 6.21. The van der Waals surface area contributed by atoms with Gasteiger partial charge >= 0.3 is 0 Å². The average Bonchev–Trinajstić information content (AvgIpc) is 3.08. The van der Waals surface area contributed by atoms with E-state index in [1.807, 2.05) is 35.7 Å². The Labute approximate surface area is 125 Å². The molecule has 0 unspecified atom stereocenters. The third-order valence-electron chi connectivity index (χ3n) is 2.90. The van der Waals surface area contributed by atoms with E-state index < -0.39 is 0 Å². The van der Waals surface area contributed by atoms with Crippen LogP contribution in [0.1, 0.15) is 11.3 Å². The van der Waals surface area contributed by atoms with E-state index in [0.717, 1.165) is 27.8 Å². The molecule has 0 amide bonds. The number of nitrogens with two attached hydrogens (primary N) is 1. The van der Waals surface area contributed by atoms with Gasteiger partial charge in [0.25, 0.3) is 0 Å². The lowest BCUT2D eigenvalue weighted by Gasteiger charge is -2.04. The fourth-order valence-electron chi connectivity index (χ4n) is 1.90. The van der Waals surface area contributed by atoms with Crippen LogP contribution in [-0.4, -0.2) is 5.16 Å². The lowest BCUT2D eigenvalue weighted by Crippen LogP contribution is -1.88. The third-order valence-corrected chi connectivity index (χ3v) is 4.99. The molecule has 0 saturated heterocycles. The molecule has 0 fully saturated rings. The lowest BCUT2D eigenvalue weighted by molar-refractivity contribution is 0.427. The molecule has 1 aromatic carbocycles. The van der Waals surface area contributed by atoms with Gasteiger partial charge in [-0.25, -0.2) is 0 Å². The Morgan fingerprint density at radius 1 is 1.30 bits per heavy atom. The highest BCUT2D eigenvalue weighted by Crippen LogP contribution is 2.30. The Balaban J connectivity index is 1.70. The van der Waals surface area contributed by atoms with E-state index in [-0.39, 0.29) is 0 Å². The zero-order valence-corrected chi connectivity index (χ0v) is 12.6. The Kier molecular flexibility index (Phi) is 3.80. The second-order valence-corrected chi connectivity index (χ2v) is 6.44. The SMILES string of the molecule is Cc1cc(N)ccc1SCc1cc(-c2cccs2)on1. The van der Waals surface area contributed by atoms with Crippen LogP contribution in [0.4, 0.5) is 5.69 Å². The minimum atomic E-state index is 0.791. The molecule has 102 valence electrons. The van der Waals surface area contributed by atoms with E-state index in [1.165, 1.54) is 10.5 Å². The van der Waals surface area contributed by atoms with E-state index in [1.54, 1.807) is 23.1 Å². The summed E-state index contributed by atoms with van der Waals surface area (Å²) in [4.78, 5) is 2.33. The maximum atomic E-state index is 5.76. The highest BCUT2D eigenvalue weighted by molar-refractivity contribution is 7.98. The molecule has 3 rings (SSSR count). The number of benzene rings is 1. The molecule has 0 radical (unpaired) electrons. The summed E-state index contributed by atoms with van der Waals surface area (Å²) in [6.45, 7) is 2.07. The van der Waals surface area contributed by atoms with Gasteiger partial charge in [-0.3, -0.25) is 0 Å². The molecule has 0 aliphatic heterocycles. The van der Waals surface area contributed by atoms with Crippen LogP contribution >= 0.6 is 23.1 Å². The van der Waals surface area contributed by atoms with Crippen LogP contribution in [0, 0.1) is 6.92 Å². The van der Waals surface area contributed by atoms with Crippen LogP contribution in [0.25, 0.3) is 10.6 Å². The van der Waals surface area contributed by atoms with Crippen LogP contribution < -0.4 is 5.73 Å². The molecule has 2 N–H and O–H groups in total. The third kappa shape index (κ3) is 2.89. The number of aromatic nitrogens is 1. The Bertz CT molecular complexity index is 704. The molecular weight excluding hydrogens is 288 g/mol. The van der Waals surface area contributed by atoms with Crippen molar-refractivity contribution in [2.24, 2.45) is 0 Å². The van der Waals surface area contributed by atoms with Gasteiger partial charge in [0.15, 0.2) is 5.76 Å². The van der Waals surface area contributed by atoms with Gasteiger partial charge in [0, 0.05) is 22.4 Å². The predicted octanol–water partition coefficient (Wildman–Crippen LogP) is 4.59. The van der Waals surface area contributed by atoms with Crippen molar-refractivity contribution in [3.63, 3.8) is 0 Å². The van der Waals surface area contributed by atoms with Gasteiger partial charge in [0.2, 0.25) is 0 Å². The first-order chi connectivity index (χ1) is 9.72. The largest absolute Gasteiger partial charge is 0.399 e. The van der Waals surface area contributed by atoms with Crippen molar-refractivity contribution in [1.82, 2.24) is 5.16 Å². The summed E-state index contributed by atoms with van der Waals surface area (Å²) in [6.07, 6.45) is 0.